The Morgan fingerprint density at radius 1 is 1.32 bits per heavy atom. The van der Waals surface area contributed by atoms with E-state index in [0.29, 0.717) is 36.3 Å². The van der Waals surface area contributed by atoms with Gasteiger partial charge in [0.2, 0.25) is 0 Å². The molecule has 1 aromatic carbocycles. The summed E-state index contributed by atoms with van der Waals surface area (Å²) < 4.78 is 24.5. The number of fused-ring (bicyclic) bond motifs is 1. The first kappa shape index (κ1) is 13.5. The number of hydrogen-bond acceptors (Lipinski definition) is 4. The molecule has 0 spiro atoms. The van der Waals surface area contributed by atoms with Crippen molar-refractivity contribution < 1.29 is 23.5 Å². The number of rotatable bonds is 3. The predicted molar refractivity (Wildman–Crippen MR) is 73.7 cm³/mol. The lowest BCUT2D eigenvalue weighted by molar-refractivity contribution is -0.124. The summed E-state index contributed by atoms with van der Waals surface area (Å²) in [5.41, 5.74) is 6.17. The summed E-state index contributed by atoms with van der Waals surface area (Å²) >= 11 is 0. The zero-order valence-corrected chi connectivity index (χ0v) is 11.7. The lowest BCUT2D eigenvalue weighted by Gasteiger charge is -2.14. The van der Waals surface area contributed by atoms with Crippen molar-refractivity contribution in [2.75, 3.05) is 24.7 Å². The van der Waals surface area contributed by atoms with E-state index in [9.17, 15) is 14.0 Å². The van der Waals surface area contributed by atoms with Crippen molar-refractivity contribution in [3.8, 4) is 0 Å². The van der Waals surface area contributed by atoms with E-state index in [0.717, 1.165) is 0 Å². The van der Waals surface area contributed by atoms with Crippen LogP contribution in [0.15, 0.2) is 18.2 Å². The molecule has 6 nitrogen and oxygen atoms in total. The number of hydrogen-bond donors (Lipinski definition) is 1. The first-order valence-electron chi connectivity index (χ1n) is 7.21. The normalized spacial score (nSPS) is 32.8. The summed E-state index contributed by atoms with van der Waals surface area (Å²) in [6.07, 6.45) is -1.68. The molecule has 1 unspecified atom stereocenters. The Morgan fingerprint density at radius 2 is 2.05 bits per heavy atom. The quantitative estimate of drug-likeness (QED) is 0.903. The third-order valence-electron chi connectivity index (χ3n) is 4.74. The van der Waals surface area contributed by atoms with Crippen LogP contribution in [0.1, 0.15) is 11.5 Å². The molecule has 2 saturated heterocycles. The van der Waals surface area contributed by atoms with Gasteiger partial charge < -0.3 is 15.2 Å². The number of nitrogens with zero attached hydrogens (tertiary/aromatic N) is 1. The number of halogens is 1. The molecular weight excluding hydrogens is 291 g/mol. The van der Waals surface area contributed by atoms with Gasteiger partial charge >= 0.3 is 6.09 Å². The van der Waals surface area contributed by atoms with Gasteiger partial charge in [-0.2, -0.15) is 0 Å². The summed E-state index contributed by atoms with van der Waals surface area (Å²) in [6.45, 7) is 1.39. The van der Waals surface area contributed by atoms with E-state index in [4.69, 9.17) is 15.2 Å². The third-order valence-corrected chi connectivity index (χ3v) is 4.74. The molecule has 3 aliphatic rings. The van der Waals surface area contributed by atoms with E-state index >= 15 is 0 Å². The second-order valence-corrected chi connectivity index (χ2v) is 5.98. The maximum atomic E-state index is 14.4. The standard InChI is InChI=1S/C15H15FN2O4/c16-11-3-7(18-4-12(14(17)19)22-15(18)20)1-2-8(11)13-9-5-21-6-10(9)13/h1-3,9-10,12-13H,4-6H2,(H2,17,19)/t9-,10+,12-,13?/m1/s1. The highest BCUT2D eigenvalue weighted by atomic mass is 19.1. The van der Waals surface area contributed by atoms with Crippen LogP contribution in [0.3, 0.4) is 0 Å². The van der Waals surface area contributed by atoms with Crippen molar-refractivity contribution in [2.45, 2.75) is 12.0 Å². The maximum absolute atomic E-state index is 14.4. The van der Waals surface area contributed by atoms with Gasteiger partial charge in [0.1, 0.15) is 5.82 Å². The fourth-order valence-corrected chi connectivity index (χ4v) is 3.48. The zero-order chi connectivity index (χ0) is 15.4. The van der Waals surface area contributed by atoms with Gasteiger partial charge in [0.15, 0.2) is 6.10 Å². The molecule has 2 aliphatic heterocycles. The second kappa shape index (κ2) is 4.67. The molecule has 116 valence electrons. The number of carbonyl (C=O) groups is 2. The van der Waals surface area contributed by atoms with Crippen LogP contribution in [0.4, 0.5) is 14.9 Å². The van der Waals surface area contributed by atoms with E-state index in [-0.39, 0.29) is 18.3 Å². The minimum Gasteiger partial charge on any atom is -0.434 e. The molecule has 0 bridgehead atoms. The van der Waals surface area contributed by atoms with E-state index < -0.39 is 18.1 Å². The van der Waals surface area contributed by atoms with Crippen molar-refractivity contribution in [2.24, 2.45) is 17.6 Å². The Labute approximate surface area is 126 Å². The van der Waals surface area contributed by atoms with Crippen LogP contribution in [0.25, 0.3) is 0 Å². The minimum absolute atomic E-state index is 0.00940. The summed E-state index contributed by atoms with van der Waals surface area (Å²) in [5, 5.41) is 0. The largest absolute Gasteiger partial charge is 0.434 e. The highest BCUT2D eigenvalue weighted by Gasteiger charge is 2.55. The van der Waals surface area contributed by atoms with Crippen molar-refractivity contribution in [3.05, 3.63) is 29.6 Å². The first-order valence-corrected chi connectivity index (χ1v) is 7.21. The number of carbonyl (C=O) groups excluding carboxylic acids is 2. The predicted octanol–water partition coefficient (Wildman–Crippen LogP) is 0.996. The van der Waals surface area contributed by atoms with Crippen LogP contribution < -0.4 is 10.6 Å². The number of nitrogens with two attached hydrogens (primary N) is 1. The van der Waals surface area contributed by atoms with Crippen LogP contribution in [-0.4, -0.2) is 37.9 Å². The van der Waals surface area contributed by atoms with Gasteiger partial charge in [-0.05, 0) is 35.4 Å². The van der Waals surface area contributed by atoms with Crippen LogP contribution >= 0.6 is 0 Å². The molecule has 2 amide bonds. The SMILES string of the molecule is NC(=O)[C@H]1CN(c2ccc(C3[C@H]4COC[C@@H]34)c(F)c2)C(=O)O1. The molecule has 4 rings (SSSR count). The molecule has 4 atom stereocenters. The van der Waals surface area contributed by atoms with Crippen molar-refractivity contribution >= 4 is 17.7 Å². The van der Waals surface area contributed by atoms with Gasteiger partial charge in [0.25, 0.3) is 5.91 Å². The fourth-order valence-electron chi connectivity index (χ4n) is 3.48. The Bertz CT molecular complexity index is 655. The Morgan fingerprint density at radius 3 is 2.64 bits per heavy atom. The maximum Gasteiger partial charge on any atom is 0.415 e. The lowest BCUT2D eigenvalue weighted by atomic mass is 10.1. The van der Waals surface area contributed by atoms with E-state index in [1.54, 1.807) is 12.1 Å². The van der Waals surface area contributed by atoms with Gasteiger partial charge in [0.05, 0.1) is 25.4 Å². The van der Waals surface area contributed by atoms with Crippen LogP contribution in [0, 0.1) is 17.7 Å². The monoisotopic (exact) mass is 306 g/mol. The molecular formula is C15H15FN2O4. The van der Waals surface area contributed by atoms with Crippen LogP contribution in [0.5, 0.6) is 0 Å². The Kier molecular flexibility index (Phi) is 2.87. The lowest BCUT2D eigenvalue weighted by Crippen LogP contribution is -2.32. The van der Waals surface area contributed by atoms with Crippen molar-refractivity contribution in [1.29, 1.82) is 0 Å². The average molecular weight is 306 g/mol. The molecule has 0 aromatic heterocycles. The smallest absolute Gasteiger partial charge is 0.415 e. The summed E-state index contributed by atoms with van der Waals surface area (Å²) in [4.78, 5) is 24.1. The third kappa shape index (κ3) is 1.96. The number of benzene rings is 1. The minimum atomic E-state index is -0.991. The fraction of sp³-hybridized carbons (Fsp3) is 0.467. The molecule has 1 saturated carbocycles. The van der Waals surface area contributed by atoms with Crippen molar-refractivity contribution in [3.63, 3.8) is 0 Å². The number of cyclic esters (lactones) is 1. The Balaban J connectivity index is 1.55. The molecule has 1 aromatic rings. The van der Waals surface area contributed by atoms with Crippen LogP contribution in [0.2, 0.25) is 0 Å². The highest BCUT2D eigenvalue weighted by molar-refractivity contribution is 5.95. The van der Waals surface area contributed by atoms with Gasteiger partial charge in [0, 0.05) is 0 Å². The summed E-state index contributed by atoms with van der Waals surface area (Å²) in [7, 11) is 0. The second-order valence-electron chi connectivity index (χ2n) is 5.98. The molecule has 1 aliphatic carbocycles. The highest BCUT2D eigenvalue weighted by Crippen LogP contribution is 2.58. The van der Waals surface area contributed by atoms with E-state index in [2.05, 4.69) is 0 Å². The number of amides is 2. The molecule has 2 N–H and O–H groups in total. The van der Waals surface area contributed by atoms with Gasteiger partial charge in [-0.25, -0.2) is 9.18 Å². The van der Waals surface area contributed by atoms with E-state index in [1.165, 1.54) is 11.0 Å². The average Bonchev–Trinajstić information content (AvgIpc) is 2.86. The topological polar surface area (TPSA) is 81.9 Å². The molecule has 0 radical (unpaired) electrons. The van der Waals surface area contributed by atoms with Gasteiger partial charge in [-0.15, -0.1) is 0 Å². The molecule has 7 heteroatoms. The zero-order valence-electron chi connectivity index (χ0n) is 11.7. The first-order chi connectivity index (χ1) is 10.6. The van der Waals surface area contributed by atoms with Gasteiger partial charge in [-0.1, -0.05) is 6.07 Å². The number of ether oxygens (including phenoxy) is 2. The summed E-state index contributed by atoms with van der Waals surface area (Å²) in [6, 6.07) is 4.70. The van der Waals surface area contributed by atoms with E-state index in [1.807, 2.05) is 0 Å². The Hall–Kier alpha value is -2.15. The summed E-state index contributed by atoms with van der Waals surface area (Å²) in [5.74, 6) is -0.00893. The molecule has 2 heterocycles. The molecule has 3 fully saturated rings. The number of anilines is 1. The molecule has 22 heavy (non-hydrogen) atoms. The van der Waals surface area contributed by atoms with Gasteiger partial charge in [-0.3, -0.25) is 9.69 Å². The number of primary amides is 1. The van der Waals surface area contributed by atoms with Crippen LogP contribution in [-0.2, 0) is 14.3 Å². The van der Waals surface area contributed by atoms with Crippen molar-refractivity contribution in [1.82, 2.24) is 0 Å².